The average molecular weight is 464 g/mol. The van der Waals surface area contributed by atoms with Crippen LogP contribution in [0.2, 0.25) is 5.02 Å². The van der Waals surface area contributed by atoms with Gasteiger partial charge in [0, 0.05) is 34.8 Å². The van der Waals surface area contributed by atoms with Crippen molar-refractivity contribution in [2.24, 2.45) is 4.99 Å². The van der Waals surface area contributed by atoms with Crippen LogP contribution in [0.1, 0.15) is 27.0 Å². The molecular weight excluding hydrogens is 446 g/mol. The summed E-state index contributed by atoms with van der Waals surface area (Å²) >= 11 is 6.23. The molecule has 1 amide bonds. The summed E-state index contributed by atoms with van der Waals surface area (Å²) in [5.74, 6) is -1.45. The van der Waals surface area contributed by atoms with Crippen LogP contribution >= 0.6 is 11.6 Å². The largest absolute Gasteiger partial charge is 0.426 e. The van der Waals surface area contributed by atoms with Crippen LogP contribution in [0.3, 0.4) is 0 Å². The molecule has 8 nitrogen and oxygen atoms in total. The Kier molecular flexibility index (Phi) is 5.93. The van der Waals surface area contributed by atoms with Crippen molar-refractivity contribution in [3.63, 3.8) is 0 Å². The van der Waals surface area contributed by atoms with Gasteiger partial charge in [0.2, 0.25) is 0 Å². The molecule has 0 radical (unpaired) electrons. The van der Waals surface area contributed by atoms with Crippen LogP contribution in [0.4, 0.5) is 11.4 Å². The number of ether oxygens (including phenoxy) is 1. The molecule has 0 bridgehead atoms. The second-order valence-electron chi connectivity index (χ2n) is 7.37. The smallest absolute Gasteiger partial charge is 0.341 e. The summed E-state index contributed by atoms with van der Waals surface area (Å²) in [5.41, 5.74) is 2.21. The first-order valence-corrected chi connectivity index (χ1v) is 10.3. The Bertz CT molecular complexity index is 1310. The highest BCUT2D eigenvalue weighted by Gasteiger charge is 2.33. The van der Waals surface area contributed by atoms with Gasteiger partial charge in [-0.25, -0.2) is 9.79 Å². The third-order valence-corrected chi connectivity index (χ3v) is 5.59. The number of likely N-dealkylation sites (N-methyl/N-ethyl adjacent to an activating group) is 1. The molecule has 9 heteroatoms. The van der Waals surface area contributed by atoms with E-state index in [-0.39, 0.29) is 16.8 Å². The maximum absolute atomic E-state index is 13.2. The molecule has 3 aromatic rings. The molecule has 3 aromatic carbocycles. The minimum atomic E-state index is -1.50. The molecule has 0 spiro atoms. The van der Waals surface area contributed by atoms with Crippen LogP contribution in [0.15, 0.2) is 71.7 Å². The lowest BCUT2D eigenvalue weighted by Gasteiger charge is -2.20. The highest BCUT2D eigenvalue weighted by atomic mass is 35.5. The lowest BCUT2D eigenvalue weighted by Crippen LogP contribution is -2.37. The third kappa shape index (κ3) is 4.20. The van der Waals surface area contributed by atoms with Crippen LogP contribution in [0, 0.1) is 17.0 Å². The van der Waals surface area contributed by atoms with E-state index in [1.165, 1.54) is 30.0 Å². The molecule has 0 saturated heterocycles. The summed E-state index contributed by atoms with van der Waals surface area (Å²) in [6, 6.07) is 18.3. The molecule has 1 heterocycles. The van der Waals surface area contributed by atoms with E-state index in [9.17, 15) is 19.7 Å². The van der Waals surface area contributed by atoms with Gasteiger partial charge >= 0.3 is 5.97 Å². The van der Waals surface area contributed by atoms with Crippen molar-refractivity contribution in [3.8, 4) is 0 Å². The number of nitrogens with zero attached hydrogens (tertiary/aromatic N) is 3. The van der Waals surface area contributed by atoms with E-state index in [0.29, 0.717) is 27.5 Å². The highest BCUT2D eigenvalue weighted by molar-refractivity contribution is 6.32. The zero-order chi connectivity index (χ0) is 23.7. The topological polar surface area (TPSA) is 102 Å². The van der Waals surface area contributed by atoms with E-state index in [2.05, 4.69) is 4.99 Å². The number of benzodiazepines with no additional fused rings is 1. The Balaban J connectivity index is 1.80. The summed E-state index contributed by atoms with van der Waals surface area (Å²) in [6.45, 7) is 1.45. The summed E-state index contributed by atoms with van der Waals surface area (Å²) in [7, 11) is 1.55. The van der Waals surface area contributed by atoms with Crippen molar-refractivity contribution < 1.29 is 19.2 Å². The molecule has 0 fully saturated rings. The maximum atomic E-state index is 13.2. The third-order valence-electron chi connectivity index (χ3n) is 5.35. The van der Waals surface area contributed by atoms with Gasteiger partial charge in [0.15, 0.2) is 0 Å². The molecular formula is C24H18ClN3O5. The van der Waals surface area contributed by atoms with E-state index in [4.69, 9.17) is 16.3 Å². The van der Waals surface area contributed by atoms with Gasteiger partial charge in [-0.05, 0) is 31.2 Å². The number of anilines is 1. The molecule has 1 unspecified atom stereocenters. The SMILES string of the molecule is Cc1c(C(=O)OC2N=C(c3ccccc3)c3cc(Cl)ccc3N(C)C2=O)cccc1[N+](=O)[O-]. The fourth-order valence-corrected chi connectivity index (χ4v) is 3.80. The van der Waals surface area contributed by atoms with Gasteiger partial charge in [0.25, 0.3) is 17.8 Å². The molecule has 0 aliphatic carbocycles. The molecule has 4 rings (SSSR count). The summed E-state index contributed by atoms with van der Waals surface area (Å²) in [5, 5.41) is 11.7. The number of hydrogen-bond donors (Lipinski definition) is 0. The van der Waals surface area contributed by atoms with E-state index >= 15 is 0 Å². The van der Waals surface area contributed by atoms with Crippen molar-refractivity contribution in [1.29, 1.82) is 0 Å². The number of rotatable bonds is 4. The lowest BCUT2D eigenvalue weighted by molar-refractivity contribution is -0.385. The van der Waals surface area contributed by atoms with Crippen molar-refractivity contribution in [2.75, 3.05) is 11.9 Å². The first kappa shape index (κ1) is 22.2. The van der Waals surface area contributed by atoms with Gasteiger partial charge < -0.3 is 9.64 Å². The maximum Gasteiger partial charge on any atom is 0.341 e. The second kappa shape index (κ2) is 8.84. The van der Waals surface area contributed by atoms with Gasteiger partial charge in [-0.15, -0.1) is 0 Å². The van der Waals surface area contributed by atoms with Crippen LogP contribution in [-0.2, 0) is 9.53 Å². The molecule has 166 valence electrons. The number of nitro benzene ring substituents is 1. The zero-order valence-electron chi connectivity index (χ0n) is 17.7. The quantitative estimate of drug-likeness (QED) is 0.321. The van der Waals surface area contributed by atoms with Crippen molar-refractivity contribution in [3.05, 3.63) is 104 Å². The highest BCUT2D eigenvalue weighted by Crippen LogP contribution is 2.31. The van der Waals surface area contributed by atoms with Crippen molar-refractivity contribution >= 4 is 40.6 Å². The zero-order valence-corrected chi connectivity index (χ0v) is 18.4. The fraction of sp³-hybridized carbons (Fsp3) is 0.125. The number of esters is 1. The second-order valence-corrected chi connectivity index (χ2v) is 7.80. The number of fused-ring (bicyclic) bond motifs is 1. The van der Waals surface area contributed by atoms with Gasteiger partial charge in [0.05, 0.1) is 21.9 Å². The van der Waals surface area contributed by atoms with Crippen molar-refractivity contribution in [1.82, 2.24) is 0 Å². The standard InChI is InChI=1S/C24H18ClN3O5/c1-14-17(9-6-10-19(14)28(31)32)24(30)33-22-23(29)27(2)20-12-11-16(25)13-18(20)21(26-22)15-7-4-3-5-8-15/h3-13,22H,1-2H3. The van der Waals surface area contributed by atoms with E-state index in [1.807, 2.05) is 30.3 Å². The van der Waals surface area contributed by atoms with Crippen LogP contribution in [0.5, 0.6) is 0 Å². The minimum Gasteiger partial charge on any atom is -0.426 e. The van der Waals surface area contributed by atoms with Crippen molar-refractivity contribution in [2.45, 2.75) is 13.2 Å². The normalized spacial score (nSPS) is 15.4. The van der Waals surface area contributed by atoms with E-state index < -0.39 is 23.0 Å². The lowest BCUT2D eigenvalue weighted by atomic mass is 10.0. The number of carbonyl (C=O) groups is 2. The average Bonchev–Trinajstić information content (AvgIpc) is 2.90. The molecule has 1 aliphatic heterocycles. The number of hydrogen-bond acceptors (Lipinski definition) is 6. The molecule has 1 aliphatic rings. The Hall–Kier alpha value is -4.04. The molecule has 1 atom stereocenters. The molecule has 33 heavy (non-hydrogen) atoms. The molecule has 0 N–H and O–H groups in total. The predicted molar refractivity (Wildman–Crippen MR) is 124 cm³/mol. The Morgan fingerprint density at radius 1 is 1.12 bits per heavy atom. The Morgan fingerprint density at radius 2 is 1.85 bits per heavy atom. The number of nitro groups is 1. The molecule has 0 saturated carbocycles. The Labute approximate surface area is 194 Å². The molecule has 0 aromatic heterocycles. The van der Waals surface area contributed by atoms with E-state index in [0.717, 1.165) is 0 Å². The first-order valence-electron chi connectivity index (χ1n) is 9.93. The van der Waals surface area contributed by atoms with Gasteiger partial charge in [-0.2, -0.15) is 0 Å². The number of halogens is 1. The van der Waals surface area contributed by atoms with Gasteiger partial charge in [-0.1, -0.05) is 48.0 Å². The van der Waals surface area contributed by atoms with Gasteiger partial charge in [0.1, 0.15) is 0 Å². The summed E-state index contributed by atoms with van der Waals surface area (Å²) in [6.07, 6.45) is -1.50. The predicted octanol–water partition coefficient (Wildman–Crippen LogP) is 4.55. The van der Waals surface area contributed by atoms with Gasteiger partial charge in [-0.3, -0.25) is 14.9 Å². The summed E-state index contributed by atoms with van der Waals surface area (Å²) < 4.78 is 5.50. The summed E-state index contributed by atoms with van der Waals surface area (Å²) in [4.78, 5) is 42.6. The van der Waals surface area contributed by atoms with Crippen LogP contribution in [0.25, 0.3) is 0 Å². The monoisotopic (exact) mass is 463 g/mol. The Morgan fingerprint density at radius 3 is 2.55 bits per heavy atom. The number of aliphatic imine (C=N–C) groups is 1. The minimum absolute atomic E-state index is 0.0130. The first-order chi connectivity index (χ1) is 15.8. The van der Waals surface area contributed by atoms with Crippen LogP contribution < -0.4 is 4.90 Å². The number of amides is 1. The number of carbonyl (C=O) groups excluding carboxylic acids is 2. The fourth-order valence-electron chi connectivity index (χ4n) is 3.63. The number of benzene rings is 3. The van der Waals surface area contributed by atoms with Crippen LogP contribution in [-0.4, -0.2) is 35.8 Å². The van der Waals surface area contributed by atoms with E-state index in [1.54, 1.807) is 25.2 Å².